The van der Waals surface area contributed by atoms with Crippen LogP contribution in [0.5, 0.6) is 0 Å². The van der Waals surface area contributed by atoms with Gasteiger partial charge < -0.3 is 5.32 Å². The van der Waals surface area contributed by atoms with Crippen LogP contribution < -0.4 is 5.32 Å². The summed E-state index contributed by atoms with van der Waals surface area (Å²) < 4.78 is 0. The molecule has 3 nitrogen and oxygen atoms in total. The molecule has 3 aromatic rings. The predicted molar refractivity (Wildman–Crippen MR) is 84.1 cm³/mol. The van der Waals surface area contributed by atoms with Crippen LogP contribution in [-0.2, 0) is 0 Å². The molecule has 1 N–H and O–H groups in total. The van der Waals surface area contributed by atoms with Gasteiger partial charge in [0.15, 0.2) is 0 Å². The van der Waals surface area contributed by atoms with Gasteiger partial charge in [-0.2, -0.15) is 0 Å². The van der Waals surface area contributed by atoms with Crippen LogP contribution in [0.3, 0.4) is 0 Å². The molecule has 1 atom stereocenters. The van der Waals surface area contributed by atoms with Gasteiger partial charge in [0.2, 0.25) is 0 Å². The second kappa shape index (κ2) is 5.75. The molecular weight excluding hydrogens is 260 g/mol. The van der Waals surface area contributed by atoms with Crippen molar-refractivity contribution in [2.45, 2.75) is 13.0 Å². The van der Waals surface area contributed by atoms with Gasteiger partial charge in [-0.05, 0) is 17.9 Å². The zero-order valence-corrected chi connectivity index (χ0v) is 11.8. The molecule has 0 bridgehead atoms. The summed E-state index contributed by atoms with van der Waals surface area (Å²) in [5.74, 6) is -0.101. The van der Waals surface area contributed by atoms with Crippen molar-refractivity contribution in [2.24, 2.45) is 0 Å². The number of fused-ring (bicyclic) bond motifs is 1. The highest BCUT2D eigenvalue weighted by molar-refractivity contribution is 6.06. The molecule has 0 aliphatic heterocycles. The van der Waals surface area contributed by atoms with Gasteiger partial charge in [-0.15, -0.1) is 0 Å². The molecule has 0 saturated carbocycles. The van der Waals surface area contributed by atoms with Crippen molar-refractivity contribution in [2.75, 3.05) is 0 Å². The molecule has 3 heteroatoms. The number of aromatic nitrogens is 1. The maximum atomic E-state index is 12.5. The topological polar surface area (TPSA) is 42.0 Å². The Bertz CT molecular complexity index is 763. The minimum absolute atomic E-state index is 0.0438. The normalized spacial score (nSPS) is 12.0. The van der Waals surface area contributed by atoms with E-state index in [2.05, 4.69) is 10.3 Å². The Balaban J connectivity index is 1.88. The Morgan fingerprint density at radius 2 is 1.71 bits per heavy atom. The number of carbonyl (C=O) groups is 1. The van der Waals surface area contributed by atoms with Crippen molar-refractivity contribution < 1.29 is 4.79 Å². The summed E-state index contributed by atoms with van der Waals surface area (Å²) in [5.41, 5.74) is 1.69. The van der Waals surface area contributed by atoms with Crippen molar-refractivity contribution in [3.8, 4) is 0 Å². The van der Waals surface area contributed by atoms with Crippen LogP contribution in [0.1, 0.15) is 28.9 Å². The second-order valence-corrected chi connectivity index (χ2v) is 5.01. The number of amides is 1. The van der Waals surface area contributed by atoms with E-state index >= 15 is 0 Å². The molecule has 0 aliphatic rings. The van der Waals surface area contributed by atoms with Gasteiger partial charge in [-0.25, -0.2) is 0 Å². The molecule has 21 heavy (non-hydrogen) atoms. The largest absolute Gasteiger partial charge is 0.345 e. The summed E-state index contributed by atoms with van der Waals surface area (Å²) in [5, 5.41) is 4.92. The highest BCUT2D eigenvalue weighted by Gasteiger charge is 2.13. The number of carbonyl (C=O) groups excluding carboxylic acids is 1. The van der Waals surface area contributed by atoms with Crippen LogP contribution in [0, 0.1) is 0 Å². The van der Waals surface area contributed by atoms with E-state index in [1.807, 2.05) is 61.5 Å². The molecule has 3 rings (SSSR count). The average molecular weight is 276 g/mol. The molecule has 0 fully saturated rings. The standard InChI is InChI=1S/C18H16N2O/c1-13(14-7-3-2-4-8-14)20-18(21)17-12-19-11-15-9-5-6-10-16(15)17/h2-13H,1H3,(H,20,21). The number of hydrogen-bond acceptors (Lipinski definition) is 2. The van der Waals surface area contributed by atoms with E-state index in [4.69, 9.17) is 0 Å². The van der Waals surface area contributed by atoms with Gasteiger partial charge in [0, 0.05) is 17.8 Å². The monoisotopic (exact) mass is 276 g/mol. The van der Waals surface area contributed by atoms with E-state index in [1.54, 1.807) is 12.4 Å². The fourth-order valence-electron chi connectivity index (χ4n) is 2.40. The molecule has 104 valence electrons. The van der Waals surface area contributed by atoms with Gasteiger partial charge in [-0.1, -0.05) is 54.6 Å². The van der Waals surface area contributed by atoms with E-state index < -0.39 is 0 Å². The van der Waals surface area contributed by atoms with Crippen molar-refractivity contribution in [1.82, 2.24) is 10.3 Å². The highest BCUT2D eigenvalue weighted by atomic mass is 16.1. The number of nitrogens with one attached hydrogen (secondary N) is 1. The molecule has 0 aliphatic carbocycles. The first kappa shape index (κ1) is 13.3. The minimum Gasteiger partial charge on any atom is -0.345 e. The molecule has 0 radical (unpaired) electrons. The Morgan fingerprint density at radius 3 is 2.52 bits per heavy atom. The lowest BCUT2D eigenvalue weighted by molar-refractivity contribution is 0.0941. The molecular formula is C18H16N2O. The molecule has 0 saturated heterocycles. The van der Waals surface area contributed by atoms with Gasteiger partial charge in [-0.3, -0.25) is 9.78 Å². The Morgan fingerprint density at radius 1 is 1.00 bits per heavy atom. The van der Waals surface area contributed by atoms with Gasteiger partial charge in [0.1, 0.15) is 0 Å². The van der Waals surface area contributed by atoms with E-state index in [1.165, 1.54) is 0 Å². The third kappa shape index (κ3) is 2.77. The highest BCUT2D eigenvalue weighted by Crippen LogP contribution is 2.18. The zero-order chi connectivity index (χ0) is 14.7. The lowest BCUT2D eigenvalue weighted by Gasteiger charge is -2.15. The van der Waals surface area contributed by atoms with Crippen molar-refractivity contribution in [1.29, 1.82) is 0 Å². The van der Waals surface area contributed by atoms with Crippen LogP contribution >= 0.6 is 0 Å². The Kier molecular flexibility index (Phi) is 3.65. The number of benzene rings is 2. The van der Waals surface area contributed by atoms with Crippen molar-refractivity contribution in [3.05, 3.63) is 78.1 Å². The van der Waals surface area contributed by atoms with Gasteiger partial charge in [0.25, 0.3) is 5.91 Å². The summed E-state index contributed by atoms with van der Waals surface area (Å²) >= 11 is 0. The Labute approximate surface area is 123 Å². The Hall–Kier alpha value is -2.68. The molecule has 0 spiro atoms. The summed E-state index contributed by atoms with van der Waals surface area (Å²) in [6, 6.07) is 17.6. The molecule has 1 aromatic heterocycles. The summed E-state index contributed by atoms with van der Waals surface area (Å²) in [6.45, 7) is 1.98. The third-order valence-electron chi connectivity index (χ3n) is 3.56. The van der Waals surface area contributed by atoms with Crippen LogP contribution in [0.25, 0.3) is 10.8 Å². The average Bonchev–Trinajstić information content (AvgIpc) is 2.55. The quantitative estimate of drug-likeness (QED) is 0.792. The molecule has 1 heterocycles. The van der Waals surface area contributed by atoms with Crippen LogP contribution in [0.15, 0.2) is 67.0 Å². The van der Waals surface area contributed by atoms with Crippen LogP contribution in [-0.4, -0.2) is 10.9 Å². The maximum absolute atomic E-state index is 12.5. The fraction of sp³-hybridized carbons (Fsp3) is 0.111. The summed E-state index contributed by atoms with van der Waals surface area (Å²) in [6.07, 6.45) is 3.39. The lowest BCUT2D eigenvalue weighted by atomic mass is 10.1. The number of hydrogen-bond donors (Lipinski definition) is 1. The van der Waals surface area contributed by atoms with E-state index in [0.29, 0.717) is 5.56 Å². The van der Waals surface area contributed by atoms with Crippen molar-refractivity contribution in [3.63, 3.8) is 0 Å². The molecule has 2 aromatic carbocycles. The number of pyridine rings is 1. The SMILES string of the molecule is CC(NC(=O)c1cncc2ccccc12)c1ccccc1. The minimum atomic E-state index is -0.101. The van der Waals surface area contributed by atoms with Crippen molar-refractivity contribution >= 4 is 16.7 Å². The van der Waals surface area contributed by atoms with Crippen LogP contribution in [0.4, 0.5) is 0 Å². The number of nitrogens with zero attached hydrogens (tertiary/aromatic N) is 1. The second-order valence-electron chi connectivity index (χ2n) is 5.01. The first-order chi connectivity index (χ1) is 10.3. The van der Waals surface area contributed by atoms with E-state index in [9.17, 15) is 4.79 Å². The summed E-state index contributed by atoms with van der Waals surface area (Å²) in [7, 11) is 0. The number of rotatable bonds is 3. The van der Waals surface area contributed by atoms with Crippen LogP contribution in [0.2, 0.25) is 0 Å². The fourth-order valence-corrected chi connectivity index (χ4v) is 2.40. The zero-order valence-electron chi connectivity index (χ0n) is 11.8. The summed E-state index contributed by atoms with van der Waals surface area (Å²) in [4.78, 5) is 16.6. The predicted octanol–water partition coefficient (Wildman–Crippen LogP) is 3.73. The lowest BCUT2D eigenvalue weighted by Crippen LogP contribution is -2.26. The first-order valence-corrected chi connectivity index (χ1v) is 6.94. The van der Waals surface area contributed by atoms with E-state index in [-0.39, 0.29) is 11.9 Å². The smallest absolute Gasteiger partial charge is 0.253 e. The third-order valence-corrected chi connectivity index (χ3v) is 3.56. The molecule has 1 amide bonds. The molecule has 1 unspecified atom stereocenters. The van der Waals surface area contributed by atoms with Gasteiger partial charge in [0.05, 0.1) is 11.6 Å². The maximum Gasteiger partial charge on any atom is 0.253 e. The van der Waals surface area contributed by atoms with E-state index in [0.717, 1.165) is 16.3 Å². The first-order valence-electron chi connectivity index (χ1n) is 6.94. The van der Waals surface area contributed by atoms with Gasteiger partial charge >= 0.3 is 0 Å².